The topological polar surface area (TPSA) is 96.0 Å². The van der Waals surface area contributed by atoms with E-state index in [1.54, 1.807) is 60.7 Å². The number of rotatable bonds is 8. The lowest BCUT2D eigenvalue weighted by molar-refractivity contribution is -0.157. The van der Waals surface area contributed by atoms with Crippen molar-refractivity contribution in [2.75, 3.05) is 14.2 Å². The lowest BCUT2D eigenvalue weighted by Gasteiger charge is -2.52. The normalized spacial score (nSPS) is 22.4. The number of esters is 2. The molecule has 0 aromatic heterocycles. The molecule has 0 aliphatic heterocycles. The molecular formula is C29H24O7. The molecule has 2 aromatic rings. The fourth-order valence-corrected chi connectivity index (χ4v) is 5.13. The van der Waals surface area contributed by atoms with Crippen LogP contribution in [0.4, 0.5) is 0 Å². The number of Topliss-reactive ketones (excluding diaryl/α,β-unsaturated/α-hetero) is 1. The van der Waals surface area contributed by atoms with Crippen LogP contribution in [0.1, 0.15) is 18.1 Å². The molecule has 0 N–H and O–H groups in total. The largest absolute Gasteiger partial charge is 0.468 e. The Hall–Kier alpha value is -4.52. The minimum atomic E-state index is -2.00. The summed E-state index contributed by atoms with van der Waals surface area (Å²) in [6, 6.07) is 17.8. The zero-order chi connectivity index (χ0) is 26.1. The molecule has 7 heteroatoms. The van der Waals surface area contributed by atoms with Crippen LogP contribution in [0, 0.1) is 5.41 Å². The Labute approximate surface area is 208 Å². The summed E-state index contributed by atoms with van der Waals surface area (Å²) in [5.74, 6) is -2.81. The standard InChI is InChI=1S/C29H24O7/c1-18(30)15-16-36-19(2)22-17-28(21-13-9-6-10-14-21)24(20-11-7-5-8-12-20)23(26(32)34-3)25(31)29(22,28)27(33)35-4/h5-17H,2H2,1,3-4H3/b16-15+/t28-,29-/m0/s1. The van der Waals surface area contributed by atoms with Crippen LogP contribution in [0.3, 0.4) is 0 Å². The summed E-state index contributed by atoms with van der Waals surface area (Å²) in [6.07, 6.45) is 4.01. The van der Waals surface area contributed by atoms with E-state index in [9.17, 15) is 19.2 Å². The van der Waals surface area contributed by atoms with Crippen molar-refractivity contribution in [2.45, 2.75) is 12.3 Å². The molecule has 0 amide bonds. The van der Waals surface area contributed by atoms with Gasteiger partial charge in [0.05, 0.1) is 25.9 Å². The highest BCUT2D eigenvalue weighted by molar-refractivity contribution is 6.37. The van der Waals surface area contributed by atoms with Crippen LogP contribution in [0.2, 0.25) is 0 Å². The molecular weight excluding hydrogens is 460 g/mol. The summed E-state index contributed by atoms with van der Waals surface area (Å²) in [5.41, 5.74) is -2.03. The van der Waals surface area contributed by atoms with Gasteiger partial charge in [0.2, 0.25) is 0 Å². The zero-order valence-electron chi connectivity index (χ0n) is 20.1. The van der Waals surface area contributed by atoms with Crippen molar-refractivity contribution >= 4 is 29.1 Å². The van der Waals surface area contributed by atoms with Gasteiger partial charge in [0.25, 0.3) is 0 Å². The van der Waals surface area contributed by atoms with E-state index < -0.39 is 28.6 Å². The Balaban J connectivity index is 2.09. The van der Waals surface area contributed by atoms with Crippen LogP contribution in [0.15, 0.2) is 103 Å². The first-order valence-electron chi connectivity index (χ1n) is 11.1. The Bertz CT molecular complexity index is 1360. The molecule has 2 aromatic carbocycles. The Morgan fingerprint density at radius 1 is 0.917 bits per heavy atom. The van der Waals surface area contributed by atoms with Crippen molar-refractivity contribution in [3.63, 3.8) is 0 Å². The molecule has 2 aliphatic carbocycles. The van der Waals surface area contributed by atoms with Gasteiger partial charge in [0.15, 0.2) is 17.0 Å². The maximum atomic E-state index is 14.3. The van der Waals surface area contributed by atoms with Gasteiger partial charge in [-0.15, -0.1) is 0 Å². The monoisotopic (exact) mass is 484 g/mol. The van der Waals surface area contributed by atoms with Gasteiger partial charge in [-0.25, -0.2) is 4.79 Å². The molecule has 0 fully saturated rings. The summed E-state index contributed by atoms with van der Waals surface area (Å²) < 4.78 is 15.7. The van der Waals surface area contributed by atoms with Crippen molar-refractivity contribution in [1.29, 1.82) is 0 Å². The quantitative estimate of drug-likeness (QED) is 0.185. The van der Waals surface area contributed by atoms with Crippen LogP contribution in [-0.4, -0.2) is 37.7 Å². The predicted molar refractivity (Wildman–Crippen MR) is 131 cm³/mol. The second kappa shape index (κ2) is 9.26. The predicted octanol–water partition coefficient (Wildman–Crippen LogP) is 3.87. The molecule has 0 unspecified atom stereocenters. The number of ether oxygens (including phenoxy) is 3. The number of benzene rings is 2. The number of allylic oxidation sites excluding steroid dienone is 4. The van der Waals surface area contributed by atoms with E-state index in [4.69, 9.17) is 14.2 Å². The molecule has 0 heterocycles. The minimum Gasteiger partial charge on any atom is -0.468 e. The van der Waals surface area contributed by atoms with Crippen molar-refractivity contribution in [2.24, 2.45) is 5.41 Å². The van der Waals surface area contributed by atoms with Crippen LogP contribution in [0.5, 0.6) is 0 Å². The van der Waals surface area contributed by atoms with Crippen LogP contribution < -0.4 is 0 Å². The van der Waals surface area contributed by atoms with Crippen molar-refractivity contribution in [3.05, 3.63) is 114 Å². The molecule has 182 valence electrons. The van der Waals surface area contributed by atoms with E-state index in [-0.39, 0.29) is 22.7 Å². The number of carbonyl (C=O) groups excluding carboxylic acids is 4. The number of hydrogen-bond donors (Lipinski definition) is 0. The molecule has 4 rings (SSSR count). The summed E-state index contributed by atoms with van der Waals surface area (Å²) in [7, 11) is 2.35. The SMILES string of the molecule is C=C(O/C=C/C(C)=O)C1=C[C@]2(c3ccccc3)C(c3ccccc3)=C(C(=O)OC)C(=O)[C@]12C(=O)OC. The van der Waals surface area contributed by atoms with Gasteiger partial charge < -0.3 is 14.2 Å². The first kappa shape index (κ1) is 24.6. The van der Waals surface area contributed by atoms with Crippen molar-refractivity contribution < 1.29 is 33.4 Å². The number of hydrogen-bond acceptors (Lipinski definition) is 7. The summed E-state index contributed by atoms with van der Waals surface area (Å²) in [6.45, 7) is 5.24. The first-order chi connectivity index (χ1) is 17.3. The average molecular weight is 485 g/mol. The third kappa shape index (κ3) is 3.27. The highest BCUT2D eigenvalue weighted by atomic mass is 16.5. The Kier molecular flexibility index (Phi) is 6.33. The van der Waals surface area contributed by atoms with E-state index in [0.29, 0.717) is 16.7 Å². The fourth-order valence-electron chi connectivity index (χ4n) is 5.13. The highest BCUT2D eigenvalue weighted by Gasteiger charge is 2.77. The van der Waals surface area contributed by atoms with E-state index in [2.05, 4.69) is 6.58 Å². The molecule has 0 saturated carbocycles. The summed E-state index contributed by atoms with van der Waals surface area (Å²) in [5, 5.41) is 0. The molecule has 0 bridgehead atoms. The van der Waals surface area contributed by atoms with Crippen molar-refractivity contribution in [1.82, 2.24) is 0 Å². The Morgan fingerprint density at radius 2 is 1.53 bits per heavy atom. The lowest BCUT2D eigenvalue weighted by Crippen LogP contribution is -2.60. The zero-order valence-corrected chi connectivity index (χ0v) is 20.1. The molecule has 2 aliphatic rings. The minimum absolute atomic E-state index is 0.0312. The number of ketones is 2. The van der Waals surface area contributed by atoms with Gasteiger partial charge in [-0.05, 0) is 23.6 Å². The van der Waals surface area contributed by atoms with E-state index in [1.807, 2.05) is 6.07 Å². The molecule has 7 nitrogen and oxygen atoms in total. The van der Waals surface area contributed by atoms with E-state index in [0.717, 1.165) is 6.26 Å². The van der Waals surface area contributed by atoms with Gasteiger partial charge in [0.1, 0.15) is 11.3 Å². The van der Waals surface area contributed by atoms with Crippen molar-refractivity contribution in [3.8, 4) is 0 Å². The average Bonchev–Trinajstić information content (AvgIpc) is 3.05. The van der Waals surface area contributed by atoms with Gasteiger partial charge in [-0.3, -0.25) is 14.4 Å². The Morgan fingerprint density at radius 3 is 2.08 bits per heavy atom. The van der Waals surface area contributed by atoms with Gasteiger partial charge >= 0.3 is 11.9 Å². The van der Waals surface area contributed by atoms with Crippen LogP contribution in [-0.2, 0) is 38.8 Å². The van der Waals surface area contributed by atoms with E-state index in [1.165, 1.54) is 27.2 Å². The maximum Gasteiger partial charge on any atom is 0.341 e. The first-order valence-corrected chi connectivity index (χ1v) is 11.1. The molecule has 0 spiro atoms. The second-order valence-corrected chi connectivity index (χ2v) is 8.36. The summed E-state index contributed by atoms with van der Waals surface area (Å²) in [4.78, 5) is 52.4. The van der Waals surface area contributed by atoms with Crippen LogP contribution in [0.25, 0.3) is 5.57 Å². The van der Waals surface area contributed by atoms with Gasteiger partial charge in [-0.1, -0.05) is 73.3 Å². The van der Waals surface area contributed by atoms with Gasteiger partial charge in [-0.2, -0.15) is 0 Å². The molecule has 0 radical (unpaired) electrons. The fraction of sp³-hybridized carbons (Fsp3) is 0.172. The third-order valence-corrected chi connectivity index (χ3v) is 6.55. The van der Waals surface area contributed by atoms with Gasteiger partial charge in [0, 0.05) is 11.6 Å². The maximum absolute atomic E-state index is 14.3. The molecule has 0 saturated heterocycles. The third-order valence-electron chi connectivity index (χ3n) is 6.55. The smallest absolute Gasteiger partial charge is 0.341 e. The second-order valence-electron chi connectivity index (χ2n) is 8.36. The molecule has 36 heavy (non-hydrogen) atoms. The number of fused-ring (bicyclic) bond motifs is 1. The summed E-state index contributed by atoms with van der Waals surface area (Å²) >= 11 is 0. The highest BCUT2D eigenvalue weighted by Crippen LogP contribution is 2.70. The van der Waals surface area contributed by atoms with E-state index >= 15 is 0 Å². The van der Waals surface area contributed by atoms with Crippen LogP contribution >= 0.6 is 0 Å². The number of carbonyl (C=O) groups is 4. The molecule has 2 atom stereocenters. The number of methoxy groups -OCH3 is 2. The lowest BCUT2D eigenvalue weighted by atomic mass is 9.46.